The first-order valence-electron chi connectivity index (χ1n) is 1.55. The minimum atomic E-state index is -0.923. The zero-order valence-corrected chi connectivity index (χ0v) is 4.98. The van der Waals surface area contributed by atoms with Crippen LogP contribution in [-0.2, 0) is 4.79 Å². The van der Waals surface area contributed by atoms with Crippen molar-refractivity contribution in [2.24, 2.45) is 0 Å². The van der Waals surface area contributed by atoms with Crippen LogP contribution in [0.15, 0.2) is 0 Å². The summed E-state index contributed by atoms with van der Waals surface area (Å²) in [6, 6.07) is 0. The maximum absolute atomic E-state index is 9.76. The molecule has 0 bridgehead atoms. The SMILES string of the molecule is CC(O)C(=O)S.N. The molecule has 4 heteroatoms. The van der Waals surface area contributed by atoms with E-state index in [1.165, 1.54) is 6.92 Å². The Bertz CT molecular complexity index is 64.0. The molecule has 0 aromatic rings. The average Bonchev–Trinajstić information content (AvgIpc) is 1.36. The highest BCUT2D eigenvalue weighted by Crippen LogP contribution is 1.84. The molecule has 0 saturated carbocycles. The molecule has 0 aromatic carbocycles. The van der Waals surface area contributed by atoms with Crippen molar-refractivity contribution in [2.75, 3.05) is 0 Å². The minimum absolute atomic E-state index is 0. The molecule has 1 unspecified atom stereocenters. The number of hydrogen-bond donors (Lipinski definition) is 3. The van der Waals surface area contributed by atoms with Gasteiger partial charge >= 0.3 is 0 Å². The van der Waals surface area contributed by atoms with Gasteiger partial charge in [-0.05, 0) is 6.92 Å². The number of carbonyl (C=O) groups is 1. The van der Waals surface area contributed by atoms with Crippen LogP contribution in [0.2, 0.25) is 0 Å². The van der Waals surface area contributed by atoms with Crippen molar-refractivity contribution in [3.05, 3.63) is 0 Å². The summed E-state index contributed by atoms with van der Waals surface area (Å²) in [5, 5.41) is 7.71. The lowest BCUT2D eigenvalue weighted by Gasteiger charge is -1.89. The van der Waals surface area contributed by atoms with Crippen LogP contribution < -0.4 is 6.15 Å². The number of rotatable bonds is 1. The van der Waals surface area contributed by atoms with Crippen LogP contribution in [0, 0.1) is 0 Å². The van der Waals surface area contributed by atoms with Gasteiger partial charge in [-0.1, -0.05) is 0 Å². The van der Waals surface area contributed by atoms with Gasteiger partial charge in [0.2, 0.25) is 5.12 Å². The average molecular weight is 123 g/mol. The molecule has 44 valence electrons. The number of aliphatic hydroxyl groups excluding tert-OH is 1. The van der Waals surface area contributed by atoms with E-state index in [2.05, 4.69) is 12.6 Å². The molecule has 0 aliphatic carbocycles. The Morgan fingerprint density at radius 3 is 2.00 bits per heavy atom. The van der Waals surface area contributed by atoms with E-state index in [9.17, 15) is 4.79 Å². The zero-order valence-electron chi connectivity index (χ0n) is 4.09. The Kier molecular flexibility index (Phi) is 5.89. The lowest BCUT2D eigenvalue weighted by atomic mass is 10.5. The number of hydrogen-bond acceptors (Lipinski definition) is 3. The van der Waals surface area contributed by atoms with Crippen molar-refractivity contribution in [3.8, 4) is 0 Å². The lowest BCUT2D eigenvalue weighted by Crippen LogP contribution is -2.07. The highest BCUT2D eigenvalue weighted by atomic mass is 32.1. The summed E-state index contributed by atoms with van der Waals surface area (Å²) in [6.07, 6.45) is -0.923. The molecule has 0 aliphatic heterocycles. The Morgan fingerprint density at radius 1 is 1.86 bits per heavy atom. The molecule has 0 heterocycles. The van der Waals surface area contributed by atoms with E-state index in [0.29, 0.717) is 0 Å². The van der Waals surface area contributed by atoms with Crippen molar-refractivity contribution in [1.82, 2.24) is 6.15 Å². The third kappa shape index (κ3) is 5.94. The minimum Gasteiger partial charge on any atom is -0.385 e. The van der Waals surface area contributed by atoms with Crippen LogP contribution in [0.4, 0.5) is 0 Å². The van der Waals surface area contributed by atoms with Gasteiger partial charge in [-0.3, -0.25) is 4.79 Å². The first kappa shape index (κ1) is 10.0. The Morgan fingerprint density at radius 2 is 2.00 bits per heavy atom. The van der Waals surface area contributed by atoms with Gasteiger partial charge in [0.15, 0.2) is 0 Å². The molecule has 0 aliphatic rings. The Labute approximate surface area is 47.7 Å². The molecule has 7 heavy (non-hydrogen) atoms. The van der Waals surface area contributed by atoms with Crippen LogP contribution in [0.5, 0.6) is 0 Å². The second-order valence-electron chi connectivity index (χ2n) is 1.01. The van der Waals surface area contributed by atoms with Gasteiger partial charge in [0, 0.05) is 0 Å². The van der Waals surface area contributed by atoms with Gasteiger partial charge in [-0.25, -0.2) is 0 Å². The topological polar surface area (TPSA) is 72.3 Å². The highest BCUT2D eigenvalue weighted by molar-refractivity contribution is 7.96. The predicted octanol–water partition coefficient (Wildman–Crippen LogP) is -0.0144. The van der Waals surface area contributed by atoms with E-state index in [1.54, 1.807) is 0 Å². The van der Waals surface area contributed by atoms with Crippen LogP contribution in [0.3, 0.4) is 0 Å². The van der Waals surface area contributed by atoms with E-state index >= 15 is 0 Å². The van der Waals surface area contributed by atoms with Crippen LogP contribution in [0.1, 0.15) is 6.92 Å². The number of aliphatic hydroxyl groups is 1. The lowest BCUT2D eigenvalue weighted by molar-refractivity contribution is -0.117. The van der Waals surface area contributed by atoms with Crippen LogP contribution in [-0.4, -0.2) is 16.3 Å². The summed E-state index contributed by atoms with van der Waals surface area (Å²) >= 11 is 3.30. The molecule has 3 nitrogen and oxygen atoms in total. The van der Waals surface area contributed by atoms with Gasteiger partial charge in [-0.2, -0.15) is 0 Å². The molecule has 0 radical (unpaired) electrons. The Hall–Kier alpha value is -0.0600. The van der Waals surface area contributed by atoms with Gasteiger partial charge in [-0.15, -0.1) is 12.6 Å². The van der Waals surface area contributed by atoms with E-state index in [1.807, 2.05) is 0 Å². The quantitative estimate of drug-likeness (QED) is 0.429. The maximum atomic E-state index is 9.76. The first-order chi connectivity index (χ1) is 2.64. The van der Waals surface area contributed by atoms with Crippen LogP contribution >= 0.6 is 12.6 Å². The largest absolute Gasteiger partial charge is 0.385 e. The molecular formula is C3H9NO2S. The Balaban J connectivity index is 0. The fraction of sp³-hybridized carbons (Fsp3) is 0.667. The normalized spacial score (nSPS) is 11.9. The van der Waals surface area contributed by atoms with Crippen molar-refractivity contribution >= 4 is 17.7 Å². The molecule has 0 aromatic heterocycles. The molecule has 0 spiro atoms. The third-order valence-electron chi connectivity index (χ3n) is 0.357. The van der Waals surface area contributed by atoms with Gasteiger partial charge in [0.05, 0.1) is 0 Å². The fourth-order valence-electron chi connectivity index (χ4n) is 0. The molecule has 1 atom stereocenters. The van der Waals surface area contributed by atoms with E-state index in [4.69, 9.17) is 5.11 Å². The van der Waals surface area contributed by atoms with E-state index < -0.39 is 11.2 Å². The molecule has 0 saturated heterocycles. The van der Waals surface area contributed by atoms with Gasteiger partial charge < -0.3 is 11.3 Å². The fourth-order valence-corrected chi connectivity index (χ4v) is 0. The standard InChI is InChI=1S/C3H6O2S.H3N/c1-2(4)3(5)6;/h2,4H,1H3,(H,5,6);1H3. The highest BCUT2D eigenvalue weighted by Gasteiger charge is 1.98. The molecule has 0 rings (SSSR count). The second-order valence-corrected chi connectivity index (χ2v) is 1.45. The maximum Gasteiger partial charge on any atom is 0.214 e. The van der Waals surface area contributed by atoms with Gasteiger partial charge in [0.1, 0.15) is 6.10 Å². The summed E-state index contributed by atoms with van der Waals surface area (Å²) in [7, 11) is 0. The van der Waals surface area contributed by atoms with E-state index in [0.717, 1.165) is 0 Å². The first-order valence-corrected chi connectivity index (χ1v) is 2.00. The summed E-state index contributed by atoms with van der Waals surface area (Å²) in [6.45, 7) is 1.37. The predicted molar refractivity (Wildman–Crippen MR) is 30.7 cm³/mol. The van der Waals surface area contributed by atoms with Gasteiger partial charge in [0.25, 0.3) is 0 Å². The summed E-state index contributed by atoms with van der Waals surface area (Å²) in [5.41, 5.74) is 0. The zero-order chi connectivity index (χ0) is 5.15. The molecule has 0 amide bonds. The molecular weight excluding hydrogens is 114 g/mol. The smallest absolute Gasteiger partial charge is 0.214 e. The van der Waals surface area contributed by atoms with Crippen molar-refractivity contribution < 1.29 is 9.90 Å². The van der Waals surface area contributed by atoms with Crippen molar-refractivity contribution in [1.29, 1.82) is 0 Å². The van der Waals surface area contributed by atoms with E-state index in [-0.39, 0.29) is 6.15 Å². The molecule has 0 fully saturated rings. The third-order valence-corrected chi connectivity index (χ3v) is 0.731. The second kappa shape index (κ2) is 4.11. The van der Waals surface area contributed by atoms with Crippen molar-refractivity contribution in [2.45, 2.75) is 13.0 Å². The monoisotopic (exact) mass is 123 g/mol. The summed E-state index contributed by atoms with van der Waals surface area (Å²) in [5.74, 6) is 0. The number of carbonyl (C=O) groups excluding carboxylic acids is 1. The van der Waals surface area contributed by atoms with Crippen LogP contribution in [0.25, 0.3) is 0 Å². The summed E-state index contributed by atoms with van der Waals surface area (Å²) in [4.78, 5) is 9.76. The van der Waals surface area contributed by atoms with Crippen molar-refractivity contribution in [3.63, 3.8) is 0 Å². The summed E-state index contributed by atoms with van der Waals surface area (Å²) < 4.78 is 0. The molecule has 4 N–H and O–H groups in total. The number of thiol groups is 1.